The highest BCUT2D eigenvalue weighted by molar-refractivity contribution is 7.80. The molecule has 2 saturated heterocycles. The zero-order valence-electron chi connectivity index (χ0n) is 55.8. The van der Waals surface area contributed by atoms with Crippen LogP contribution in [0, 0.1) is 22.7 Å². The smallest absolute Gasteiger partial charge is 0.327 e. The zero-order chi connectivity index (χ0) is 77.3. The van der Waals surface area contributed by atoms with Gasteiger partial charge in [0.25, 0.3) is 23.7 Å². The van der Waals surface area contributed by atoms with Gasteiger partial charge in [-0.1, -0.05) is 24.3 Å². The third-order valence-corrected chi connectivity index (χ3v) is 16.7. The molecule has 2 aromatic heterocycles. The number of thiol groups is 1. The van der Waals surface area contributed by atoms with Gasteiger partial charge in [0.15, 0.2) is 0 Å². The van der Waals surface area contributed by atoms with Gasteiger partial charge in [0, 0.05) is 74.0 Å². The second-order valence-electron chi connectivity index (χ2n) is 24.2. The summed E-state index contributed by atoms with van der Waals surface area (Å²) in [4.78, 5) is 206. The SMILES string of the molecule is N#C[C@@H]1CC(F)(F)CN1C(=O)CNC(=O)c1ccnc2c(NC(=O)CCC(=O)NCCCC[C@H](NC(=O)CCC(=O)Nc3cccc4c(C(=O)NCC(=O)N5CC(F)(F)C[C@H]5C#N)ccnc34)C(=O)N[C@@H](CC(=O)O)C(=O)N[C@@H](CCCCN)C(=O)N[C@@H](CC(=O)O)C(=O)N[C@@H](CS)C(=O)O)cccc12. The van der Waals surface area contributed by atoms with Crippen molar-refractivity contribution in [3.8, 4) is 12.1 Å². The van der Waals surface area contributed by atoms with Gasteiger partial charge in [-0.3, -0.25) is 77.1 Å². The van der Waals surface area contributed by atoms with Gasteiger partial charge in [-0.15, -0.1) is 0 Å². The largest absolute Gasteiger partial charge is 0.481 e. The molecule has 0 aliphatic carbocycles. The van der Waals surface area contributed by atoms with Crippen LogP contribution in [-0.2, 0) is 62.3 Å². The molecule has 2 aliphatic heterocycles. The van der Waals surface area contributed by atoms with Crippen molar-refractivity contribution < 1.29 is 105 Å². The summed E-state index contributed by atoms with van der Waals surface area (Å²) in [5.41, 5.74) is 5.89. The number of carboxylic acid groups (broad SMARTS) is 3. The molecule has 4 heterocycles. The molecule has 40 heteroatoms. The van der Waals surface area contributed by atoms with E-state index < -0.39 is 213 Å². The van der Waals surface area contributed by atoms with Crippen molar-refractivity contribution in [2.75, 3.05) is 55.7 Å². The van der Waals surface area contributed by atoms with Crippen LogP contribution >= 0.6 is 12.6 Å². The molecule has 0 unspecified atom stereocenters. The maximum absolute atomic E-state index is 14.3. The van der Waals surface area contributed by atoms with Crippen LogP contribution in [0.25, 0.3) is 21.8 Å². The van der Waals surface area contributed by atoms with E-state index in [1.54, 1.807) is 12.1 Å². The first-order valence-electron chi connectivity index (χ1n) is 32.6. The van der Waals surface area contributed by atoms with E-state index in [0.717, 1.165) is 0 Å². The van der Waals surface area contributed by atoms with E-state index in [-0.39, 0.29) is 109 Å². The molecule has 6 rings (SSSR count). The van der Waals surface area contributed by atoms with E-state index in [1.807, 2.05) is 5.32 Å². The summed E-state index contributed by atoms with van der Waals surface area (Å²) >= 11 is 3.86. The van der Waals surface area contributed by atoms with E-state index >= 15 is 0 Å². The molecular formula is C65H75F4N17O18S. The summed E-state index contributed by atoms with van der Waals surface area (Å²) in [5.74, 6) is -23.4. The van der Waals surface area contributed by atoms with Crippen LogP contribution in [-0.4, -0.2) is 223 Å². The lowest BCUT2D eigenvalue weighted by molar-refractivity contribution is -0.143. The maximum Gasteiger partial charge on any atom is 0.327 e. The molecule has 0 bridgehead atoms. The highest BCUT2D eigenvalue weighted by Crippen LogP contribution is 2.33. The first kappa shape index (κ1) is 82.3. The first-order valence-corrected chi connectivity index (χ1v) is 33.2. The molecule has 12 amide bonds. The Morgan fingerprint density at radius 1 is 0.533 bits per heavy atom. The number of nitriles is 2. The van der Waals surface area contributed by atoms with Crippen molar-refractivity contribution in [3.05, 3.63) is 72.1 Å². The van der Waals surface area contributed by atoms with Gasteiger partial charge in [-0.2, -0.15) is 23.2 Å². The predicted molar refractivity (Wildman–Crippen MR) is 361 cm³/mol. The number of hydrogen-bond donors (Lipinski definition) is 15. The molecule has 15 N–H and O–H groups in total. The Morgan fingerprint density at radius 3 is 1.35 bits per heavy atom. The van der Waals surface area contributed by atoms with Gasteiger partial charge >= 0.3 is 17.9 Å². The monoisotopic (exact) mass is 1490 g/mol. The van der Waals surface area contributed by atoms with Crippen molar-refractivity contribution >= 4 is 135 Å². The minimum atomic E-state index is -3.31. The van der Waals surface area contributed by atoms with Gasteiger partial charge in [-0.05, 0) is 69.3 Å². The van der Waals surface area contributed by atoms with Crippen LogP contribution in [0.1, 0.15) is 111 Å². The predicted octanol–water partition coefficient (Wildman–Crippen LogP) is -0.297. The molecule has 0 saturated carbocycles. The Labute approximate surface area is 599 Å². The average molecular weight is 1490 g/mol. The van der Waals surface area contributed by atoms with Gasteiger partial charge in [-0.25, -0.2) is 22.4 Å². The third-order valence-electron chi connectivity index (χ3n) is 16.3. The summed E-state index contributed by atoms with van der Waals surface area (Å²) in [6.07, 6.45) is -3.70. The quantitative estimate of drug-likeness (QED) is 0.0156. The number of nitrogens with one attached hydrogen (secondary N) is 10. The molecule has 7 atom stereocenters. The first-order chi connectivity index (χ1) is 49.8. The number of carbonyl (C=O) groups is 15. The van der Waals surface area contributed by atoms with E-state index in [4.69, 9.17) is 5.73 Å². The number of carboxylic acids is 3. The number of nitrogens with zero attached hydrogens (tertiary/aromatic N) is 6. The van der Waals surface area contributed by atoms with Crippen LogP contribution < -0.4 is 58.9 Å². The molecule has 2 aliphatic rings. The van der Waals surface area contributed by atoms with E-state index in [1.165, 1.54) is 60.9 Å². The Balaban J connectivity index is 1.11. The fourth-order valence-corrected chi connectivity index (χ4v) is 11.3. The third kappa shape index (κ3) is 24.5. The highest BCUT2D eigenvalue weighted by atomic mass is 32.1. The van der Waals surface area contributed by atoms with Crippen LogP contribution in [0.3, 0.4) is 0 Å². The van der Waals surface area contributed by atoms with Crippen LogP contribution in [0.2, 0.25) is 0 Å². The van der Waals surface area contributed by atoms with Crippen molar-refractivity contribution in [1.82, 2.24) is 62.3 Å². The Bertz CT molecular complexity index is 4090. The number of para-hydroxylation sites is 2. The van der Waals surface area contributed by atoms with Gasteiger partial charge in [0.05, 0.1) is 84.7 Å². The van der Waals surface area contributed by atoms with Gasteiger partial charge < -0.3 is 84.0 Å². The summed E-state index contributed by atoms with van der Waals surface area (Å²) < 4.78 is 56.0. The molecule has 562 valence electrons. The second-order valence-corrected chi connectivity index (χ2v) is 24.6. The normalized spacial score (nSPS) is 16.2. The lowest BCUT2D eigenvalue weighted by Crippen LogP contribution is -2.59. The van der Waals surface area contributed by atoms with Crippen molar-refractivity contribution in [2.24, 2.45) is 5.73 Å². The highest BCUT2D eigenvalue weighted by Gasteiger charge is 2.48. The zero-order valence-corrected chi connectivity index (χ0v) is 56.7. The average Bonchev–Trinajstić information content (AvgIpc) is 1.52. The summed E-state index contributed by atoms with van der Waals surface area (Å²) in [6.45, 7) is -3.49. The minimum absolute atomic E-state index is 0.00820. The molecule has 2 fully saturated rings. The molecule has 0 spiro atoms. The standard InChI is InChI=1S/C65H75F4N17O18S/c66-64(67)25-34(27-71)85(32-64)51(91)29-76-57(97)38-17-21-74-55-36(38)7-5-11-40(55)78-48(88)14-13-47(87)73-20-4-2-10-42(59(99)82-44(23-53(93)94)61(101)81-43(9-1-3-19-70)60(100)83-45(24-54(95)96)62(102)84-46(31-105)63(103)104)80-50(90)16-15-49(89)79-41-12-6-8-37-39(18-22-75-56(37)41)58(98)77-30-52(92)86-33-65(68,69)26-35(86)28-72/h5-8,11-12,17-18,21-22,34-35,42-46,105H,1-4,9-10,13-16,19-20,23-26,29-33,70H2,(H,73,87)(H,76,97)(H,77,98)(H,78,88)(H,79,89)(H,80,90)(H,81,101)(H,82,99)(H,83,100)(H,84,102)(H,93,94)(H,95,96)(H,103,104)/t34-,35-,42-,43-,44-,45-,46-/m0/s1. The number of carbonyl (C=O) groups excluding carboxylic acids is 12. The van der Waals surface area contributed by atoms with Crippen molar-refractivity contribution in [1.29, 1.82) is 10.5 Å². The Kier molecular flexibility index (Phi) is 30.2. The van der Waals surface area contributed by atoms with Crippen molar-refractivity contribution in [3.63, 3.8) is 0 Å². The van der Waals surface area contributed by atoms with Crippen LogP contribution in [0.5, 0.6) is 0 Å². The fourth-order valence-electron chi connectivity index (χ4n) is 11.1. The number of nitrogens with two attached hydrogens (primary N) is 1. The molecule has 0 radical (unpaired) electrons. The van der Waals surface area contributed by atoms with Gasteiger partial charge in [0.2, 0.25) is 59.1 Å². The molecule has 105 heavy (non-hydrogen) atoms. The minimum Gasteiger partial charge on any atom is -0.481 e. The molecule has 2 aromatic carbocycles. The summed E-state index contributed by atoms with van der Waals surface area (Å²) in [5, 5.41) is 71.5. The topological polar surface area (TPSA) is 543 Å². The van der Waals surface area contributed by atoms with Crippen molar-refractivity contribution in [2.45, 2.75) is 144 Å². The number of likely N-dealkylation sites (tertiary alicyclic amines) is 2. The number of amides is 12. The van der Waals surface area contributed by atoms with E-state index in [9.17, 15) is 115 Å². The lowest BCUT2D eigenvalue weighted by Gasteiger charge is -2.26. The Morgan fingerprint density at radius 2 is 0.933 bits per heavy atom. The number of anilines is 2. The Hall–Kier alpha value is -11.7. The molecular weight excluding hydrogens is 1410 g/mol. The number of benzene rings is 2. The number of halogens is 4. The second kappa shape index (κ2) is 38.5. The van der Waals surface area contributed by atoms with Crippen LogP contribution in [0.4, 0.5) is 28.9 Å². The van der Waals surface area contributed by atoms with Gasteiger partial charge in [0.1, 0.15) is 42.3 Å². The maximum atomic E-state index is 14.3. The summed E-state index contributed by atoms with van der Waals surface area (Å²) in [7, 11) is 0. The number of fused-ring (bicyclic) bond motifs is 2. The number of aliphatic carboxylic acids is 3. The number of unbranched alkanes of at least 4 members (excludes halogenated alkanes) is 2. The number of pyridine rings is 2. The summed E-state index contributed by atoms with van der Waals surface area (Å²) in [6, 6.07) is 2.87. The van der Waals surface area contributed by atoms with Crippen LogP contribution in [0.15, 0.2) is 60.9 Å². The van der Waals surface area contributed by atoms with E-state index in [0.29, 0.717) is 9.80 Å². The number of hydrogen-bond acceptors (Lipinski definition) is 21. The number of rotatable bonds is 38. The molecule has 4 aromatic rings. The number of aromatic nitrogens is 2. The molecule has 35 nitrogen and oxygen atoms in total. The fraction of sp³-hybridized carbons (Fsp3) is 0.462. The van der Waals surface area contributed by atoms with E-state index in [2.05, 4.69) is 70.4 Å². The number of alkyl halides is 4. The lowest BCUT2D eigenvalue weighted by atomic mass is 10.0.